The topological polar surface area (TPSA) is 29.5 Å². The number of rotatable bonds is 1. The Morgan fingerprint density at radius 1 is 1.33 bits per heavy atom. The van der Waals surface area contributed by atoms with Crippen molar-refractivity contribution in [1.82, 2.24) is 4.90 Å². The maximum Gasteiger partial charge on any atom is 0.254 e. The van der Waals surface area contributed by atoms with Gasteiger partial charge in [0.15, 0.2) is 0 Å². The molecule has 1 amide bonds. The zero-order valence-corrected chi connectivity index (χ0v) is 13.3. The monoisotopic (exact) mass is 375 g/mol. The quantitative estimate of drug-likeness (QED) is 0.751. The summed E-state index contributed by atoms with van der Waals surface area (Å²) in [6.07, 6.45) is 0.998. The highest BCUT2D eigenvalue weighted by Crippen LogP contribution is 2.21. The lowest BCUT2D eigenvalue weighted by atomic mass is 10.2. The fourth-order valence-electron chi connectivity index (χ4n) is 2.04. The average molecular weight is 377 g/mol. The lowest BCUT2D eigenvalue weighted by Crippen LogP contribution is -2.35. The molecule has 98 valence electrons. The first-order valence-electron chi connectivity index (χ1n) is 5.93. The van der Waals surface area contributed by atoms with E-state index in [1.807, 2.05) is 30.0 Å². The van der Waals surface area contributed by atoms with Crippen molar-refractivity contribution >= 4 is 37.8 Å². The van der Waals surface area contributed by atoms with Gasteiger partial charge >= 0.3 is 0 Å². The summed E-state index contributed by atoms with van der Waals surface area (Å²) in [5.41, 5.74) is 0.699. The van der Waals surface area contributed by atoms with Crippen LogP contribution in [0.25, 0.3) is 0 Å². The number of carbonyl (C=O) groups excluding carboxylic acids is 1. The van der Waals surface area contributed by atoms with Gasteiger partial charge in [-0.25, -0.2) is 0 Å². The number of hydrogen-bond acceptors (Lipinski definition) is 2. The molecule has 1 aromatic carbocycles. The third-order valence-electron chi connectivity index (χ3n) is 2.85. The van der Waals surface area contributed by atoms with E-state index in [1.54, 1.807) is 0 Å². The highest BCUT2D eigenvalue weighted by Gasteiger charge is 2.21. The molecular weight excluding hydrogens is 362 g/mol. The number of benzene rings is 1. The van der Waals surface area contributed by atoms with Crippen molar-refractivity contribution in [1.29, 1.82) is 0 Å². The van der Waals surface area contributed by atoms with Gasteiger partial charge in [-0.3, -0.25) is 4.79 Å². The Kier molecular flexibility index (Phi) is 4.81. The molecule has 1 heterocycles. The van der Waals surface area contributed by atoms with E-state index in [1.165, 1.54) is 0 Å². The highest BCUT2D eigenvalue weighted by molar-refractivity contribution is 9.11. The summed E-state index contributed by atoms with van der Waals surface area (Å²) in [5, 5.41) is 0. The van der Waals surface area contributed by atoms with E-state index in [4.69, 9.17) is 4.74 Å². The maximum absolute atomic E-state index is 12.4. The zero-order chi connectivity index (χ0) is 13.1. The minimum atomic E-state index is 0.0642. The van der Waals surface area contributed by atoms with E-state index < -0.39 is 0 Å². The van der Waals surface area contributed by atoms with E-state index in [9.17, 15) is 4.79 Å². The molecule has 1 atom stereocenters. The Morgan fingerprint density at radius 3 is 2.67 bits per heavy atom. The molecule has 2 rings (SSSR count). The second-order valence-corrected chi connectivity index (χ2v) is 6.28. The summed E-state index contributed by atoms with van der Waals surface area (Å²) in [5.74, 6) is 0.0642. The number of amides is 1. The van der Waals surface area contributed by atoms with E-state index >= 15 is 0 Å². The lowest BCUT2D eigenvalue weighted by molar-refractivity contribution is 0.0562. The number of nitrogens with zero attached hydrogens (tertiary/aromatic N) is 1. The molecule has 0 aromatic heterocycles. The number of halogens is 2. The maximum atomic E-state index is 12.4. The van der Waals surface area contributed by atoms with E-state index in [2.05, 4.69) is 31.9 Å². The SMILES string of the molecule is CC1CN(C(=O)c2cc(Br)cc(Br)c2)CCCO1. The molecule has 0 saturated carbocycles. The first-order valence-corrected chi connectivity index (χ1v) is 7.52. The van der Waals surface area contributed by atoms with E-state index in [-0.39, 0.29) is 12.0 Å². The van der Waals surface area contributed by atoms with Gasteiger partial charge in [0.2, 0.25) is 0 Å². The predicted molar refractivity (Wildman–Crippen MR) is 77.8 cm³/mol. The molecule has 5 heteroatoms. The third-order valence-corrected chi connectivity index (χ3v) is 3.76. The van der Waals surface area contributed by atoms with Crippen molar-refractivity contribution in [3.8, 4) is 0 Å². The fraction of sp³-hybridized carbons (Fsp3) is 0.462. The average Bonchev–Trinajstić information content (AvgIpc) is 2.51. The molecule has 0 aliphatic carbocycles. The van der Waals surface area contributed by atoms with Crippen LogP contribution in [0.5, 0.6) is 0 Å². The summed E-state index contributed by atoms with van der Waals surface area (Å²) in [6.45, 7) is 4.14. The van der Waals surface area contributed by atoms with Crippen LogP contribution in [0.1, 0.15) is 23.7 Å². The number of carbonyl (C=O) groups is 1. The molecule has 0 N–H and O–H groups in total. The van der Waals surface area contributed by atoms with Crippen LogP contribution in [-0.2, 0) is 4.74 Å². The van der Waals surface area contributed by atoms with Crippen LogP contribution in [0.3, 0.4) is 0 Å². The summed E-state index contributed by atoms with van der Waals surface area (Å²) in [7, 11) is 0. The van der Waals surface area contributed by atoms with Crippen LogP contribution in [0.4, 0.5) is 0 Å². The zero-order valence-electron chi connectivity index (χ0n) is 10.2. The van der Waals surface area contributed by atoms with Gasteiger partial charge in [-0.1, -0.05) is 31.9 Å². The number of hydrogen-bond donors (Lipinski definition) is 0. The highest BCUT2D eigenvalue weighted by atomic mass is 79.9. The number of ether oxygens (including phenoxy) is 1. The molecule has 0 spiro atoms. The molecule has 1 aromatic rings. The fourth-order valence-corrected chi connectivity index (χ4v) is 3.33. The van der Waals surface area contributed by atoms with Crippen LogP contribution in [0, 0.1) is 0 Å². The van der Waals surface area contributed by atoms with Crippen molar-refractivity contribution < 1.29 is 9.53 Å². The Bertz CT molecular complexity index is 430. The van der Waals surface area contributed by atoms with Gasteiger partial charge in [-0.2, -0.15) is 0 Å². The van der Waals surface area contributed by atoms with Crippen LogP contribution in [0.2, 0.25) is 0 Å². The summed E-state index contributed by atoms with van der Waals surface area (Å²) >= 11 is 6.81. The van der Waals surface area contributed by atoms with Crippen molar-refractivity contribution in [3.63, 3.8) is 0 Å². The molecule has 18 heavy (non-hydrogen) atoms. The minimum Gasteiger partial charge on any atom is -0.377 e. The van der Waals surface area contributed by atoms with Gasteiger partial charge < -0.3 is 9.64 Å². The normalized spacial score (nSPS) is 20.6. The van der Waals surface area contributed by atoms with E-state index in [0.717, 1.165) is 28.5 Å². The summed E-state index contributed by atoms with van der Waals surface area (Å²) < 4.78 is 7.36. The van der Waals surface area contributed by atoms with Gasteiger partial charge in [-0.05, 0) is 31.5 Å². The first kappa shape index (κ1) is 14.0. The molecule has 1 aliphatic heterocycles. The van der Waals surface area contributed by atoms with Crippen molar-refractivity contribution in [2.45, 2.75) is 19.4 Å². The molecule has 1 unspecified atom stereocenters. The van der Waals surface area contributed by atoms with Crippen molar-refractivity contribution in [3.05, 3.63) is 32.7 Å². The molecule has 0 bridgehead atoms. The second-order valence-electron chi connectivity index (χ2n) is 4.44. The van der Waals surface area contributed by atoms with E-state index in [0.29, 0.717) is 12.1 Å². The predicted octanol–water partition coefficient (Wildman–Crippen LogP) is 3.46. The molecule has 1 saturated heterocycles. The minimum absolute atomic E-state index is 0.0642. The molecule has 0 radical (unpaired) electrons. The third kappa shape index (κ3) is 3.56. The van der Waals surface area contributed by atoms with Gasteiger partial charge in [0.25, 0.3) is 5.91 Å². The van der Waals surface area contributed by atoms with Crippen LogP contribution < -0.4 is 0 Å². The summed E-state index contributed by atoms with van der Waals surface area (Å²) in [6, 6.07) is 5.62. The first-order chi connectivity index (χ1) is 8.56. The Morgan fingerprint density at radius 2 is 2.00 bits per heavy atom. The second kappa shape index (κ2) is 6.17. The lowest BCUT2D eigenvalue weighted by Gasteiger charge is -2.22. The molecule has 3 nitrogen and oxygen atoms in total. The van der Waals surface area contributed by atoms with Crippen LogP contribution in [0.15, 0.2) is 27.1 Å². The van der Waals surface area contributed by atoms with Crippen LogP contribution in [-0.4, -0.2) is 36.6 Å². The smallest absolute Gasteiger partial charge is 0.254 e. The Hall–Kier alpha value is -0.390. The van der Waals surface area contributed by atoms with Crippen molar-refractivity contribution in [2.75, 3.05) is 19.7 Å². The van der Waals surface area contributed by atoms with Gasteiger partial charge in [0.1, 0.15) is 0 Å². The summed E-state index contributed by atoms with van der Waals surface area (Å²) in [4.78, 5) is 14.3. The molecular formula is C13H15Br2NO2. The molecule has 1 fully saturated rings. The van der Waals surface area contributed by atoms with Gasteiger partial charge in [0, 0.05) is 34.2 Å². The van der Waals surface area contributed by atoms with Crippen molar-refractivity contribution in [2.24, 2.45) is 0 Å². The Labute approximate surface area is 124 Å². The Balaban J connectivity index is 2.18. The van der Waals surface area contributed by atoms with Crippen LogP contribution >= 0.6 is 31.9 Å². The van der Waals surface area contributed by atoms with Gasteiger partial charge in [0.05, 0.1) is 6.10 Å². The standard InChI is InChI=1S/C13H15Br2NO2/c1-9-8-16(3-2-4-18-9)13(17)10-5-11(14)7-12(15)6-10/h5-7,9H,2-4,8H2,1H3. The van der Waals surface area contributed by atoms with Gasteiger partial charge in [-0.15, -0.1) is 0 Å². The molecule has 1 aliphatic rings. The largest absolute Gasteiger partial charge is 0.377 e.